The maximum atomic E-state index is 5.76. The third kappa shape index (κ3) is 1.91. The zero-order valence-electron chi connectivity index (χ0n) is 7.49. The minimum Gasteiger partial charge on any atom is -0.382 e. The summed E-state index contributed by atoms with van der Waals surface area (Å²) in [5, 5.41) is 6.69. The second-order valence-electron chi connectivity index (χ2n) is 3.12. The van der Waals surface area contributed by atoms with Crippen molar-refractivity contribution in [2.24, 2.45) is 0 Å². The SMILES string of the molecule is Nc1[nH]ncc1N1CCCSCC1. The Bertz CT molecular complexity index is 265. The van der Waals surface area contributed by atoms with E-state index in [2.05, 4.69) is 15.1 Å². The maximum Gasteiger partial charge on any atom is 0.142 e. The lowest BCUT2D eigenvalue weighted by molar-refractivity contribution is 0.818. The van der Waals surface area contributed by atoms with Crippen LogP contribution in [0.4, 0.5) is 11.5 Å². The average Bonchev–Trinajstić information content (AvgIpc) is 2.43. The molecule has 0 unspecified atom stereocenters. The van der Waals surface area contributed by atoms with Crippen molar-refractivity contribution in [2.75, 3.05) is 35.2 Å². The number of hydrogen-bond acceptors (Lipinski definition) is 4. The molecule has 0 amide bonds. The van der Waals surface area contributed by atoms with E-state index >= 15 is 0 Å². The van der Waals surface area contributed by atoms with E-state index in [0.717, 1.165) is 18.8 Å². The lowest BCUT2D eigenvalue weighted by atomic mass is 10.3. The number of nitrogens with one attached hydrogen (secondary N) is 1. The van der Waals surface area contributed by atoms with Crippen LogP contribution in [0, 0.1) is 0 Å². The number of H-pyrrole nitrogens is 1. The highest BCUT2D eigenvalue weighted by molar-refractivity contribution is 7.99. The van der Waals surface area contributed by atoms with Crippen LogP contribution in [0.3, 0.4) is 0 Å². The van der Waals surface area contributed by atoms with Crippen LogP contribution < -0.4 is 10.6 Å². The first-order chi connectivity index (χ1) is 6.38. The third-order valence-electron chi connectivity index (χ3n) is 2.21. The summed E-state index contributed by atoms with van der Waals surface area (Å²) >= 11 is 2.01. The van der Waals surface area contributed by atoms with E-state index in [4.69, 9.17) is 5.73 Å². The normalized spacial score (nSPS) is 18.6. The van der Waals surface area contributed by atoms with E-state index in [0.29, 0.717) is 5.82 Å². The molecule has 1 aliphatic rings. The maximum absolute atomic E-state index is 5.76. The van der Waals surface area contributed by atoms with Crippen LogP contribution in [0.25, 0.3) is 0 Å². The van der Waals surface area contributed by atoms with Crippen LogP contribution in [-0.4, -0.2) is 34.8 Å². The van der Waals surface area contributed by atoms with Gasteiger partial charge in [-0.05, 0) is 12.2 Å². The highest BCUT2D eigenvalue weighted by Crippen LogP contribution is 2.22. The summed E-state index contributed by atoms with van der Waals surface area (Å²) in [7, 11) is 0. The van der Waals surface area contributed by atoms with Crippen molar-refractivity contribution < 1.29 is 0 Å². The molecule has 0 bridgehead atoms. The van der Waals surface area contributed by atoms with Gasteiger partial charge in [-0.2, -0.15) is 16.9 Å². The Hall–Kier alpha value is -0.840. The first-order valence-electron chi connectivity index (χ1n) is 4.49. The molecular formula is C8H14N4S. The third-order valence-corrected chi connectivity index (χ3v) is 3.26. The molecule has 0 aliphatic carbocycles. The van der Waals surface area contributed by atoms with Gasteiger partial charge < -0.3 is 10.6 Å². The second-order valence-corrected chi connectivity index (χ2v) is 4.35. The van der Waals surface area contributed by atoms with E-state index in [-0.39, 0.29) is 0 Å². The van der Waals surface area contributed by atoms with E-state index in [1.165, 1.54) is 17.9 Å². The molecule has 1 aromatic heterocycles. The fourth-order valence-electron chi connectivity index (χ4n) is 1.53. The van der Waals surface area contributed by atoms with Gasteiger partial charge in [-0.15, -0.1) is 0 Å². The first-order valence-corrected chi connectivity index (χ1v) is 5.65. The summed E-state index contributed by atoms with van der Waals surface area (Å²) in [6, 6.07) is 0. The van der Waals surface area contributed by atoms with Gasteiger partial charge >= 0.3 is 0 Å². The molecule has 1 aliphatic heterocycles. The summed E-state index contributed by atoms with van der Waals surface area (Å²) < 4.78 is 0. The van der Waals surface area contributed by atoms with Gasteiger partial charge in [0.1, 0.15) is 5.82 Å². The summed E-state index contributed by atoms with van der Waals surface area (Å²) in [6.45, 7) is 2.17. The molecule has 0 aromatic carbocycles. The summed E-state index contributed by atoms with van der Waals surface area (Å²) in [4.78, 5) is 2.30. The molecule has 0 radical (unpaired) electrons. The zero-order chi connectivity index (χ0) is 9.10. The fourth-order valence-corrected chi connectivity index (χ4v) is 2.42. The highest BCUT2D eigenvalue weighted by atomic mass is 32.2. The minimum absolute atomic E-state index is 0.687. The Kier molecular flexibility index (Phi) is 2.63. The van der Waals surface area contributed by atoms with Crippen LogP contribution in [0.15, 0.2) is 6.20 Å². The highest BCUT2D eigenvalue weighted by Gasteiger charge is 2.13. The van der Waals surface area contributed by atoms with Crippen LogP contribution in [0.5, 0.6) is 0 Å². The molecule has 1 saturated heterocycles. The Morgan fingerprint density at radius 1 is 1.46 bits per heavy atom. The van der Waals surface area contributed by atoms with Gasteiger partial charge in [0.2, 0.25) is 0 Å². The number of nitrogens with zero attached hydrogens (tertiary/aromatic N) is 2. The zero-order valence-corrected chi connectivity index (χ0v) is 8.31. The van der Waals surface area contributed by atoms with E-state index in [1.807, 2.05) is 18.0 Å². The van der Waals surface area contributed by atoms with Gasteiger partial charge in [0.05, 0.1) is 11.9 Å². The van der Waals surface area contributed by atoms with Crippen LogP contribution in [0.1, 0.15) is 6.42 Å². The molecule has 0 atom stereocenters. The molecule has 13 heavy (non-hydrogen) atoms. The first kappa shape index (κ1) is 8.74. The van der Waals surface area contributed by atoms with Crippen LogP contribution >= 0.6 is 11.8 Å². The molecule has 0 spiro atoms. The Morgan fingerprint density at radius 2 is 2.38 bits per heavy atom. The molecule has 4 nitrogen and oxygen atoms in total. The molecule has 5 heteroatoms. The number of nitrogen functional groups attached to an aromatic ring is 1. The topological polar surface area (TPSA) is 57.9 Å². The van der Waals surface area contributed by atoms with Crippen molar-refractivity contribution in [3.63, 3.8) is 0 Å². The van der Waals surface area contributed by atoms with Gasteiger partial charge in [0.15, 0.2) is 0 Å². The Labute approximate surface area is 81.9 Å². The predicted molar refractivity (Wildman–Crippen MR) is 57.2 cm³/mol. The Balaban J connectivity index is 2.10. The standard InChI is InChI=1S/C8H14N4S/c9-8-7(6-10-11-8)12-2-1-4-13-5-3-12/h6H,1-5H2,(H3,9,10,11). The van der Waals surface area contributed by atoms with E-state index in [9.17, 15) is 0 Å². The van der Waals surface area contributed by atoms with Gasteiger partial charge in [0, 0.05) is 18.8 Å². The summed E-state index contributed by atoms with van der Waals surface area (Å²) in [5.41, 5.74) is 6.81. The smallest absolute Gasteiger partial charge is 0.142 e. The lowest BCUT2D eigenvalue weighted by Crippen LogP contribution is -2.25. The molecule has 1 aromatic rings. The molecule has 72 valence electrons. The fraction of sp³-hybridized carbons (Fsp3) is 0.625. The quantitative estimate of drug-likeness (QED) is 0.705. The van der Waals surface area contributed by atoms with Crippen LogP contribution in [0.2, 0.25) is 0 Å². The van der Waals surface area contributed by atoms with Crippen molar-refractivity contribution in [1.29, 1.82) is 0 Å². The minimum atomic E-state index is 0.687. The molecule has 3 N–H and O–H groups in total. The summed E-state index contributed by atoms with van der Waals surface area (Å²) in [6.07, 6.45) is 3.04. The number of aromatic amines is 1. The van der Waals surface area contributed by atoms with Crippen molar-refractivity contribution in [3.8, 4) is 0 Å². The largest absolute Gasteiger partial charge is 0.382 e. The number of nitrogens with two attached hydrogens (primary N) is 1. The van der Waals surface area contributed by atoms with Gasteiger partial charge in [0.25, 0.3) is 0 Å². The summed E-state index contributed by atoms with van der Waals surface area (Å²) in [5.74, 6) is 3.13. The van der Waals surface area contributed by atoms with Crippen molar-refractivity contribution in [3.05, 3.63) is 6.20 Å². The second kappa shape index (κ2) is 3.91. The van der Waals surface area contributed by atoms with Crippen molar-refractivity contribution in [1.82, 2.24) is 10.2 Å². The van der Waals surface area contributed by atoms with Crippen molar-refractivity contribution in [2.45, 2.75) is 6.42 Å². The lowest BCUT2D eigenvalue weighted by Gasteiger charge is -2.20. The number of thioether (sulfide) groups is 1. The number of rotatable bonds is 1. The van der Waals surface area contributed by atoms with Gasteiger partial charge in [-0.25, -0.2) is 0 Å². The number of anilines is 2. The number of hydrogen-bond donors (Lipinski definition) is 2. The van der Waals surface area contributed by atoms with Gasteiger partial charge in [-0.3, -0.25) is 5.10 Å². The molecule has 2 rings (SSSR count). The van der Waals surface area contributed by atoms with E-state index in [1.54, 1.807) is 0 Å². The average molecular weight is 198 g/mol. The molecule has 2 heterocycles. The van der Waals surface area contributed by atoms with E-state index < -0.39 is 0 Å². The number of aromatic nitrogens is 2. The Morgan fingerprint density at radius 3 is 3.15 bits per heavy atom. The molecular weight excluding hydrogens is 184 g/mol. The molecule has 0 saturated carbocycles. The molecule has 1 fully saturated rings. The van der Waals surface area contributed by atoms with Crippen LogP contribution in [-0.2, 0) is 0 Å². The van der Waals surface area contributed by atoms with Gasteiger partial charge in [-0.1, -0.05) is 0 Å². The monoisotopic (exact) mass is 198 g/mol. The predicted octanol–water partition coefficient (Wildman–Crippen LogP) is 0.935. The van der Waals surface area contributed by atoms with Crippen molar-refractivity contribution >= 4 is 23.3 Å².